The minimum atomic E-state index is -5.05. The number of hydrogen-bond donors (Lipinski definition) is 0. The molecule has 0 N–H and O–H groups in total. The van der Waals surface area contributed by atoms with E-state index in [0.717, 1.165) is 0 Å². The molecule has 0 heterocycles. The van der Waals surface area contributed by atoms with E-state index >= 15 is 0 Å². The lowest BCUT2D eigenvalue weighted by Crippen LogP contribution is -2.18. The number of hydrogen-bond acceptors (Lipinski definition) is 3. The summed E-state index contributed by atoms with van der Waals surface area (Å²) in [5.41, 5.74) is -1.08. The van der Waals surface area contributed by atoms with E-state index in [1.54, 1.807) is 0 Å². The van der Waals surface area contributed by atoms with Gasteiger partial charge in [0, 0.05) is 0 Å². The average Bonchev–Trinajstić information content (AvgIpc) is 2.05. The van der Waals surface area contributed by atoms with Crippen LogP contribution in [-0.4, -0.2) is 11.3 Å². The van der Waals surface area contributed by atoms with Crippen molar-refractivity contribution in [3.63, 3.8) is 0 Å². The van der Waals surface area contributed by atoms with Crippen LogP contribution in [-0.2, 0) is 0 Å². The molecule has 0 aliphatic carbocycles. The van der Waals surface area contributed by atoms with E-state index in [0.29, 0.717) is 18.2 Å². The fraction of sp³-hybridized carbons (Fsp3) is 0.143. The van der Waals surface area contributed by atoms with Crippen molar-refractivity contribution in [2.24, 2.45) is 0 Å². The topological polar surface area (TPSA) is 52.4 Å². The Morgan fingerprint density at radius 3 is 2.40 bits per heavy atom. The van der Waals surface area contributed by atoms with Crippen LogP contribution in [0.25, 0.3) is 0 Å². The molecule has 0 radical (unpaired) electrons. The first-order valence-electron chi connectivity index (χ1n) is 3.49. The molecule has 0 spiro atoms. The van der Waals surface area contributed by atoms with Crippen molar-refractivity contribution in [3.8, 4) is 5.75 Å². The summed E-state index contributed by atoms with van der Waals surface area (Å²) >= 11 is 0. The van der Waals surface area contributed by atoms with E-state index in [2.05, 4.69) is 4.74 Å². The van der Waals surface area contributed by atoms with Gasteiger partial charge in [-0.3, -0.25) is 10.1 Å². The summed E-state index contributed by atoms with van der Waals surface area (Å²) in [5.74, 6) is -2.06. The zero-order valence-corrected chi connectivity index (χ0v) is 6.92. The van der Waals surface area contributed by atoms with Gasteiger partial charge in [-0.15, -0.1) is 13.2 Å². The minimum absolute atomic E-state index is 0.348. The van der Waals surface area contributed by atoms with E-state index in [4.69, 9.17) is 0 Å². The highest BCUT2D eigenvalue weighted by atomic mass is 19.4. The van der Waals surface area contributed by atoms with E-state index in [1.165, 1.54) is 0 Å². The van der Waals surface area contributed by atoms with Crippen LogP contribution in [0.4, 0.5) is 23.2 Å². The lowest BCUT2D eigenvalue weighted by atomic mass is 10.3. The fourth-order valence-corrected chi connectivity index (χ4v) is 0.844. The van der Waals surface area contributed by atoms with Crippen LogP contribution in [0.5, 0.6) is 5.75 Å². The van der Waals surface area contributed by atoms with Crippen LogP contribution in [0, 0.1) is 15.9 Å². The average molecular weight is 225 g/mol. The van der Waals surface area contributed by atoms with Crippen molar-refractivity contribution in [3.05, 3.63) is 34.1 Å². The molecule has 82 valence electrons. The second-order valence-electron chi connectivity index (χ2n) is 2.42. The number of alkyl halides is 3. The summed E-state index contributed by atoms with van der Waals surface area (Å²) in [6, 6.07) is 1.52. The van der Waals surface area contributed by atoms with Gasteiger partial charge in [-0.2, -0.15) is 0 Å². The highest BCUT2D eigenvalue weighted by Gasteiger charge is 2.34. The lowest BCUT2D eigenvalue weighted by molar-refractivity contribution is -0.388. The van der Waals surface area contributed by atoms with E-state index in [9.17, 15) is 27.7 Å². The van der Waals surface area contributed by atoms with Crippen LogP contribution < -0.4 is 4.74 Å². The molecule has 0 unspecified atom stereocenters. The molecule has 1 aromatic carbocycles. The molecule has 0 saturated heterocycles. The third-order valence-electron chi connectivity index (χ3n) is 1.34. The molecule has 1 rings (SSSR count). The molecular formula is C7H3F4NO3. The predicted octanol–water partition coefficient (Wildman–Crippen LogP) is 2.63. The smallest absolute Gasteiger partial charge is 0.398 e. The number of nitro groups is 1. The first-order chi connectivity index (χ1) is 6.79. The molecular weight excluding hydrogens is 222 g/mol. The Morgan fingerprint density at radius 1 is 1.33 bits per heavy atom. The minimum Gasteiger partial charge on any atom is -0.398 e. The number of halogens is 4. The largest absolute Gasteiger partial charge is 0.573 e. The van der Waals surface area contributed by atoms with Crippen LogP contribution in [0.3, 0.4) is 0 Å². The normalized spacial score (nSPS) is 11.2. The molecule has 0 bridgehead atoms. The molecule has 0 aliphatic heterocycles. The second kappa shape index (κ2) is 3.71. The maximum atomic E-state index is 12.5. The highest BCUT2D eigenvalue weighted by molar-refractivity contribution is 5.46. The highest BCUT2D eigenvalue weighted by Crippen LogP contribution is 2.32. The first-order valence-corrected chi connectivity index (χ1v) is 3.49. The Balaban J connectivity index is 3.12. The quantitative estimate of drug-likeness (QED) is 0.441. The van der Waals surface area contributed by atoms with Gasteiger partial charge in [0.25, 0.3) is 0 Å². The van der Waals surface area contributed by atoms with Gasteiger partial charge in [-0.25, -0.2) is 4.39 Å². The number of benzene rings is 1. The maximum absolute atomic E-state index is 12.5. The van der Waals surface area contributed by atoms with Gasteiger partial charge in [0.05, 0.1) is 11.0 Å². The Labute approximate surface area is 80.2 Å². The number of nitrogens with zero attached hydrogens (tertiary/aromatic N) is 1. The summed E-state index contributed by atoms with van der Waals surface area (Å²) in [6.45, 7) is 0. The van der Waals surface area contributed by atoms with Crippen molar-refractivity contribution in [1.29, 1.82) is 0 Å². The summed E-state index contributed by atoms with van der Waals surface area (Å²) in [6.07, 6.45) is -5.05. The summed E-state index contributed by atoms with van der Waals surface area (Å²) in [7, 11) is 0. The van der Waals surface area contributed by atoms with Crippen molar-refractivity contribution < 1.29 is 27.2 Å². The number of nitro benzene ring substituents is 1. The van der Waals surface area contributed by atoms with Crippen LogP contribution in [0.15, 0.2) is 18.2 Å². The molecule has 0 fully saturated rings. The third-order valence-corrected chi connectivity index (χ3v) is 1.34. The molecule has 15 heavy (non-hydrogen) atoms. The Kier molecular flexibility index (Phi) is 2.78. The summed E-state index contributed by atoms with van der Waals surface area (Å²) in [5, 5.41) is 10.3. The van der Waals surface area contributed by atoms with Crippen LogP contribution >= 0.6 is 0 Å². The molecule has 8 heteroatoms. The van der Waals surface area contributed by atoms with Crippen molar-refractivity contribution >= 4 is 5.69 Å². The van der Waals surface area contributed by atoms with Gasteiger partial charge in [0.1, 0.15) is 5.82 Å². The standard InChI is InChI=1S/C7H3F4NO3/c8-4-1-2-6(15-7(9,10)11)5(3-4)12(13)14/h1-3H. The molecule has 0 aromatic heterocycles. The van der Waals surface area contributed by atoms with E-state index in [1.807, 2.05) is 0 Å². The molecule has 0 aliphatic rings. The maximum Gasteiger partial charge on any atom is 0.573 e. The van der Waals surface area contributed by atoms with Gasteiger partial charge in [0.2, 0.25) is 5.75 Å². The molecule has 0 amide bonds. The second-order valence-corrected chi connectivity index (χ2v) is 2.42. The SMILES string of the molecule is O=[N+]([O-])c1cc(F)ccc1OC(F)(F)F. The summed E-state index contributed by atoms with van der Waals surface area (Å²) in [4.78, 5) is 9.09. The molecule has 1 aromatic rings. The van der Waals surface area contributed by atoms with Crippen molar-refractivity contribution in [1.82, 2.24) is 0 Å². The number of rotatable bonds is 2. The first kappa shape index (κ1) is 11.2. The van der Waals surface area contributed by atoms with Gasteiger partial charge in [0.15, 0.2) is 0 Å². The molecule has 0 atom stereocenters. The van der Waals surface area contributed by atoms with E-state index < -0.39 is 28.5 Å². The Hall–Kier alpha value is -1.86. The zero-order valence-electron chi connectivity index (χ0n) is 6.92. The van der Waals surface area contributed by atoms with Crippen LogP contribution in [0.2, 0.25) is 0 Å². The fourth-order valence-electron chi connectivity index (χ4n) is 0.844. The van der Waals surface area contributed by atoms with Gasteiger partial charge in [-0.05, 0) is 12.1 Å². The molecule has 4 nitrogen and oxygen atoms in total. The molecule has 0 saturated carbocycles. The van der Waals surface area contributed by atoms with Gasteiger partial charge in [-0.1, -0.05) is 0 Å². The monoisotopic (exact) mass is 225 g/mol. The summed E-state index contributed by atoms with van der Waals surface area (Å²) < 4.78 is 51.1. The Morgan fingerprint density at radius 2 is 1.93 bits per heavy atom. The third kappa shape index (κ3) is 3.08. The van der Waals surface area contributed by atoms with Crippen LogP contribution in [0.1, 0.15) is 0 Å². The van der Waals surface area contributed by atoms with Gasteiger partial charge < -0.3 is 4.74 Å². The number of ether oxygens (including phenoxy) is 1. The predicted molar refractivity (Wildman–Crippen MR) is 39.7 cm³/mol. The van der Waals surface area contributed by atoms with E-state index in [-0.39, 0.29) is 0 Å². The van der Waals surface area contributed by atoms with Crippen molar-refractivity contribution in [2.75, 3.05) is 0 Å². The van der Waals surface area contributed by atoms with Crippen molar-refractivity contribution in [2.45, 2.75) is 6.36 Å². The lowest BCUT2D eigenvalue weighted by Gasteiger charge is -2.08. The Bertz CT molecular complexity index is 390. The zero-order chi connectivity index (χ0) is 11.6. The van der Waals surface area contributed by atoms with Gasteiger partial charge >= 0.3 is 12.0 Å².